The molecule has 0 bridgehead atoms. The maximum atomic E-state index is 14.4. The maximum absolute atomic E-state index is 14.4. The fraction of sp³-hybridized carbons (Fsp3) is 0.317. The zero-order valence-corrected chi connectivity index (χ0v) is 33.5. The molecule has 2 aromatic carbocycles. The predicted molar refractivity (Wildman–Crippen MR) is 212 cm³/mol. The highest BCUT2D eigenvalue weighted by atomic mass is 32.2. The van der Waals surface area contributed by atoms with Crippen LogP contribution in [0.25, 0.3) is 0 Å². The Bertz CT molecular complexity index is 2200. The Kier molecular flexibility index (Phi) is 11.5. The molecule has 0 unspecified atom stereocenters. The summed E-state index contributed by atoms with van der Waals surface area (Å²) in [5, 5.41) is 13.9. The monoisotopic (exact) mass is 808 g/mol. The number of pyridine rings is 1. The fourth-order valence-corrected chi connectivity index (χ4v) is 8.59. The molecular formula is C41H42N7O7S2+. The summed E-state index contributed by atoms with van der Waals surface area (Å²) in [4.78, 5) is 70.3. The Labute approximate surface area is 337 Å². The molecule has 2 N–H and O–H groups in total. The molecule has 0 aliphatic carbocycles. The van der Waals surface area contributed by atoms with E-state index in [4.69, 9.17) is 9.47 Å². The van der Waals surface area contributed by atoms with Gasteiger partial charge in [-0.3, -0.25) is 24.6 Å². The second-order valence-corrected chi connectivity index (χ2v) is 17.0. The first-order valence-electron chi connectivity index (χ1n) is 18.4. The highest BCUT2D eigenvalue weighted by molar-refractivity contribution is 8.00. The van der Waals surface area contributed by atoms with Crippen LogP contribution < -0.4 is 15.2 Å². The lowest BCUT2D eigenvalue weighted by Gasteiger charge is -2.49. The van der Waals surface area contributed by atoms with Gasteiger partial charge in [0.1, 0.15) is 27.7 Å². The lowest BCUT2D eigenvalue weighted by atomic mass is 10.00. The van der Waals surface area contributed by atoms with E-state index in [1.54, 1.807) is 48.7 Å². The molecule has 4 aromatic rings. The summed E-state index contributed by atoms with van der Waals surface area (Å²) in [6.45, 7) is 7.90. The Balaban J connectivity index is 1.11. The minimum atomic E-state index is -0.914. The van der Waals surface area contributed by atoms with Crippen LogP contribution in [0, 0.1) is 6.92 Å². The van der Waals surface area contributed by atoms with Crippen molar-refractivity contribution < 1.29 is 38.0 Å². The quantitative estimate of drug-likeness (QED) is 0.0929. The number of aryl methyl sites for hydroxylation is 1. The van der Waals surface area contributed by atoms with E-state index in [1.807, 2.05) is 79.7 Å². The highest BCUT2D eigenvalue weighted by Gasteiger charge is 2.55. The molecule has 2 aromatic heterocycles. The summed E-state index contributed by atoms with van der Waals surface area (Å²) in [5.74, 6) is -1.33. The molecule has 2 fully saturated rings. The van der Waals surface area contributed by atoms with Crippen LogP contribution in [0.2, 0.25) is 0 Å². The first-order valence-corrected chi connectivity index (χ1v) is 20.3. The number of hydrogen-bond donors (Lipinski definition) is 2. The van der Waals surface area contributed by atoms with Crippen molar-refractivity contribution in [3.8, 4) is 0 Å². The lowest BCUT2D eigenvalue weighted by molar-refractivity contribution is -0.684. The number of amides is 4. The zero-order chi connectivity index (χ0) is 40.3. The number of alkyl carbamates (subject to hydrolysis) is 1. The van der Waals surface area contributed by atoms with Crippen LogP contribution in [0.4, 0.5) is 9.93 Å². The molecule has 0 saturated carbocycles. The van der Waals surface area contributed by atoms with E-state index in [1.165, 1.54) is 28.0 Å². The first-order chi connectivity index (χ1) is 27.3. The predicted octanol–water partition coefficient (Wildman–Crippen LogP) is 4.83. The first kappa shape index (κ1) is 39.4. The molecule has 3 aliphatic heterocycles. The number of allylic oxidation sites excluding steroid dienone is 1. The van der Waals surface area contributed by atoms with E-state index < -0.39 is 41.1 Å². The fourth-order valence-electron chi connectivity index (χ4n) is 6.68. The Morgan fingerprint density at radius 3 is 2.26 bits per heavy atom. The second kappa shape index (κ2) is 16.7. The van der Waals surface area contributed by atoms with Gasteiger partial charge in [-0.2, -0.15) is 4.57 Å². The number of nitrogens with zero attached hydrogens (tertiary/aromatic N) is 5. The van der Waals surface area contributed by atoms with E-state index >= 15 is 0 Å². The molecule has 0 spiro atoms. The number of ether oxygens (including phenoxy) is 2. The number of aromatic nitrogens is 3. The average molecular weight is 809 g/mol. The third-order valence-corrected chi connectivity index (χ3v) is 11.3. The number of benzene rings is 2. The SMILES string of the molecule is Cc1nnc(NC(=O)C[n+]2ccc(CN3CCC(=CC4=C(C(=O)OC(c5ccccc5)c5ccccc5)N5C(=O)[C@@H](NC(=O)OC(C)(C)C)[C@H]5SC4)C3=O)cc2)s1. The summed E-state index contributed by atoms with van der Waals surface area (Å²) in [6, 6.07) is 21.5. The summed E-state index contributed by atoms with van der Waals surface area (Å²) < 4.78 is 13.4. The molecule has 57 heavy (non-hydrogen) atoms. The third-order valence-electron chi connectivity index (χ3n) is 9.29. The Morgan fingerprint density at radius 2 is 1.65 bits per heavy atom. The number of carbonyl (C=O) groups excluding carboxylic acids is 5. The summed E-state index contributed by atoms with van der Waals surface area (Å²) >= 11 is 2.68. The number of rotatable bonds is 11. The maximum Gasteiger partial charge on any atom is 0.408 e. The average Bonchev–Trinajstić information content (AvgIpc) is 3.75. The van der Waals surface area contributed by atoms with E-state index in [0.29, 0.717) is 35.8 Å². The largest absolute Gasteiger partial charge is 0.448 e. The molecular weight excluding hydrogens is 767 g/mol. The van der Waals surface area contributed by atoms with E-state index in [9.17, 15) is 24.0 Å². The number of thioether (sulfide) groups is 1. The highest BCUT2D eigenvalue weighted by Crippen LogP contribution is 2.43. The molecule has 14 nitrogen and oxygen atoms in total. The number of carbonyl (C=O) groups is 5. The zero-order valence-electron chi connectivity index (χ0n) is 31.8. The van der Waals surface area contributed by atoms with Crippen LogP contribution in [0.5, 0.6) is 0 Å². The number of fused-ring (bicyclic) bond motifs is 1. The topological polar surface area (TPSA) is 164 Å². The molecule has 5 heterocycles. The standard InChI is InChI=1S/C41H41N7O7S2/c1-25-44-45-39(57-25)42-31(49)23-46-18-15-26(16-19-46)22-47-20-17-29(35(47)50)21-30-24-56-37-32(43-40(53)55-41(2,3)4)36(51)48(37)33(30)38(52)54-34(27-11-7-5-8-12-27)28-13-9-6-10-14-28/h5-16,18-19,21,32,34,37H,17,20,22-24H2,1-4H3,(H-,42,43,45,49,53)/p+1/t32-,37-/m1/s1. The van der Waals surface area contributed by atoms with Crippen LogP contribution in [0.3, 0.4) is 0 Å². The molecule has 4 amide bonds. The van der Waals surface area contributed by atoms with Gasteiger partial charge in [-0.1, -0.05) is 72.0 Å². The van der Waals surface area contributed by atoms with Gasteiger partial charge < -0.3 is 19.7 Å². The number of esters is 1. The number of nitrogens with one attached hydrogen (secondary N) is 2. The number of β-lactam (4-membered cyclic amide) rings is 1. The van der Waals surface area contributed by atoms with E-state index in [2.05, 4.69) is 20.8 Å². The number of anilines is 1. The van der Waals surface area contributed by atoms with Crippen molar-refractivity contribution in [2.24, 2.45) is 0 Å². The molecule has 2 saturated heterocycles. The molecule has 0 radical (unpaired) electrons. The second-order valence-electron chi connectivity index (χ2n) is 14.7. The minimum Gasteiger partial charge on any atom is -0.448 e. The summed E-state index contributed by atoms with van der Waals surface area (Å²) in [7, 11) is 0. The van der Waals surface area contributed by atoms with Crippen molar-refractivity contribution in [3.05, 3.63) is 130 Å². The van der Waals surface area contributed by atoms with Gasteiger partial charge in [0.2, 0.25) is 17.6 Å². The van der Waals surface area contributed by atoms with Gasteiger partial charge in [0.05, 0.1) is 0 Å². The van der Waals surface area contributed by atoms with Gasteiger partial charge >= 0.3 is 12.1 Å². The molecule has 3 aliphatic rings. The van der Waals surface area contributed by atoms with Crippen LogP contribution >= 0.6 is 23.1 Å². The van der Waals surface area contributed by atoms with Crippen molar-refractivity contribution in [2.45, 2.75) is 70.3 Å². The van der Waals surface area contributed by atoms with Crippen LogP contribution in [-0.4, -0.2) is 79.1 Å². The van der Waals surface area contributed by atoms with Crippen LogP contribution in [0.1, 0.15) is 55.0 Å². The minimum absolute atomic E-state index is 0.0412. The van der Waals surface area contributed by atoms with E-state index in [0.717, 1.165) is 21.7 Å². The van der Waals surface area contributed by atoms with Crippen molar-refractivity contribution in [3.63, 3.8) is 0 Å². The molecule has 2 atom stereocenters. The van der Waals surface area contributed by atoms with Gasteiger partial charge in [0.25, 0.3) is 11.8 Å². The van der Waals surface area contributed by atoms with E-state index in [-0.39, 0.29) is 29.8 Å². The van der Waals surface area contributed by atoms with Gasteiger partial charge in [-0.05, 0) is 62.5 Å². The van der Waals surface area contributed by atoms with Crippen molar-refractivity contribution in [1.29, 1.82) is 0 Å². The lowest BCUT2D eigenvalue weighted by Crippen LogP contribution is -2.70. The molecule has 294 valence electrons. The number of likely N-dealkylation sites (tertiary alicyclic amines) is 1. The van der Waals surface area contributed by atoms with Crippen molar-refractivity contribution >= 4 is 58.0 Å². The van der Waals surface area contributed by atoms with Crippen LogP contribution in [-0.2, 0) is 41.7 Å². The smallest absolute Gasteiger partial charge is 0.408 e. The number of hydrogen-bond acceptors (Lipinski definition) is 11. The Hall–Kier alpha value is -5.87. The third kappa shape index (κ3) is 9.24. The summed E-state index contributed by atoms with van der Waals surface area (Å²) in [6.07, 6.45) is 4.20. The van der Waals surface area contributed by atoms with Crippen molar-refractivity contribution in [2.75, 3.05) is 17.6 Å². The van der Waals surface area contributed by atoms with Gasteiger partial charge in [0.15, 0.2) is 18.5 Å². The van der Waals surface area contributed by atoms with Crippen molar-refractivity contribution in [1.82, 2.24) is 25.3 Å². The molecule has 16 heteroatoms. The molecule has 7 rings (SSSR count). The van der Waals surface area contributed by atoms with Gasteiger partial charge in [0, 0.05) is 36.5 Å². The van der Waals surface area contributed by atoms with Gasteiger partial charge in [-0.15, -0.1) is 22.0 Å². The summed E-state index contributed by atoms with van der Waals surface area (Å²) in [5.41, 5.74) is 2.64. The normalized spacial score (nSPS) is 18.7. The van der Waals surface area contributed by atoms with Crippen LogP contribution in [0.15, 0.2) is 108 Å². The van der Waals surface area contributed by atoms with Gasteiger partial charge in [-0.25, -0.2) is 9.59 Å². The Morgan fingerprint density at radius 1 is 0.982 bits per heavy atom.